The fourth-order valence-corrected chi connectivity index (χ4v) is 1.53. The van der Waals surface area contributed by atoms with Crippen LogP contribution in [0, 0.1) is 5.92 Å². The van der Waals surface area contributed by atoms with Gasteiger partial charge in [0.05, 0.1) is 6.61 Å². The molecule has 0 bridgehead atoms. The standard InChI is InChI=1S/C10H19NO2/c1-4-11-5-6-13-9(7-11)10(12)8(2)3/h8-9H,4-7H2,1-3H3. The first-order valence-corrected chi connectivity index (χ1v) is 5.02. The molecule has 0 aromatic rings. The summed E-state index contributed by atoms with van der Waals surface area (Å²) in [6.07, 6.45) is -0.186. The van der Waals surface area contributed by atoms with Crippen molar-refractivity contribution < 1.29 is 9.53 Å². The van der Waals surface area contributed by atoms with Crippen LogP contribution in [-0.2, 0) is 9.53 Å². The third-order valence-electron chi connectivity index (χ3n) is 2.48. The van der Waals surface area contributed by atoms with Crippen molar-refractivity contribution in [3.05, 3.63) is 0 Å². The fourth-order valence-electron chi connectivity index (χ4n) is 1.53. The van der Waals surface area contributed by atoms with Crippen LogP contribution in [0.25, 0.3) is 0 Å². The highest BCUT2D eigenvalue weighted by atomic mass is 16.5. The molecule has 1 unspecified atom stereocenters. The maximum absolute atomic E-state index is 11.6. The van der Waals surface area contributed by atoms with Gasteiger partial charge in [0.2, 0.25) is 0 Å². The Bertz CT molecular complexity index is 180. The largest absolute Gasteiger partial charge is 0.368 e. The maximum Gasteiger partial charge on any atom is 0.165 e. The molecule has 3 nitrogen and oxygen atoms in total. The molecule has 0 aliphatic carbocycles. The minimum Gasteiger partial charge on any atom is -0.368 e. The fraction of sp³-hybridized carbons (Fsp3) is 0.900. The average Bonchev–Trinajstić information content (AvgIpc) is 2.16. The first kappa shape index (κ1) is 10.7. The van der Waals surface area contributed by atoms with Crippen LogP contribution in [0.15, 0.2) is 0 Å². The number of Topliss-reactive ketones (excluding diaryl/α,β-unsaturated/α-hetero) is 1. The van der Waals surface area contributed by atoms with Crippen molar-refractivity contribution in [1.82, 2.24) is 4.90 Å². The zero-order valence-corrected chi connectivity index (χ0v) is 8.75. The monoisotopic (exact) mass is 185 g/mol. The van der Waals surface area contributed by atoms with Crippen molar-refractivity contribution in [3.8, 4) is 0 Å². The van der Waals surface area contributed by atoms with Crippen molar-refractivity contribution in [3.63, 3.8) is 0 Å². The molecule has 1 rings (SSSR count). The minimum atomic E-state index is -0.186. The Kier molecular flexibility index (Phi) is 3.88. The third kappa shape index (κ3) is 2.78. The molecule has 0 saturated carbocycles. The lowest BCUT2D eigenvalue weighted by atomic mass is 10.0. The van der Waals surface area contributed by atoms with Gasteiger partial charge in [-0.25, -0.2) is 0 Å². The SMILES string of the molecule is CCN1CCOC(C(=O)C(C)C)C1. The van der Waals surface area contributed by atoms with Crippen molar-refractivity contribution >= 4 is 5.78 Å². The summed E-state index contributed by atoms with van der Waals surface area (Å²) in [6.45, 7) is 9.39. The molecule has 0 spiro atoms. The molecule has 1 aliphatic rings. The van der Waals surface area contributed by atoms with Crippen molar-refractivity contribution in [2.45, 2.75) is 26.9 Å². The zero-order chi connectivity index (χ0) is 9.84. The number of carbonyl (C=O) groups excluding carboxylic acids is 1. The van der Waals surface area contributed by atoms with E-state index in [0.29, 0.717) is 6.61 Å². The van der Waals surface area contributed by atoms with Gasteiger partial charge in [-0.2, -0.15) is 0 Å². The second-order valence-electron chi connectivity index (χ2n) is 3.81. The second-order valence-corrected chi connectivity index (χ2v) is 3.81. The number of morpholine rings is 1. The van der Waals surface area contributed by atoms with Gasteiger partial charge in [0, 0.05) is 19.0 Å². The molecule has 0 aromatic carbocycles. The molecule has 1 atom stereocenters. The van der Waals surface area contributed by atoms with E-state index in [0.717, 1.165) is 19.6 Å². The molecular weight excluding hydrogens is 166 g/mol. The summed E-state index contributed by atoms with van der Waals surface area (Å²) in [4.78, 5) is 13.9. The Morgan fingerprint density at radius 2 is 2.31 bits per heavy atom. The van der Waals surface area contributed by atoms with Gasteiger partial charge in [-0.1, -0.05) is 20.8 Å². The normalized spacial score (nSPS) is 25.1. The number of hydrogen-bond acceptors (Lipinski definition) is 3. The predicted octanol–water partition coefficient (Wildman–Crippen LogP) is 0.932. The maximum atomic E-state index is 11.6. The molecule has 0 radical (unpaired) electrons. The summed E-state index contributed by atoms with van der Waals surface area (Å²) in [5, 5.41) is 0. The smallest absolute Gasteiger partial charge is 0.165 e. The number of ketones is 1. The number of likely N-dealkylation sites (N-methyl/N-ethyl adjacent to an activating group) is 1. The molecule has 1 saturated heterocycles. The van der Waals surface area contributed by atoms with Gasteiger partial charge in [0.25, 0.3) is 0 Å². The van der Waals surface area contributed by atoms with E-state index in [4.69, 9.17) is 4.74 Å². The van der Waals surface area contributed by atoms with E-state index in [1.165, 1.54) is 0 Å². The van der Waals surface area contributed by atoms with Gasteiger partial charge in [-0.05, 0) is 6.54 Å². The van der Waals surface area contributed by atoms with Crippen LogP contribution < -0.4 is 0 Å². The van der Waals surface area contributed by atoms with Gasteiger partial charge >= 0.3 is 0 Å². The molecule has 13 heavy (non-hydrogen) atoms. The van der Waals surface area contributed by atoms with E-state index < -0.39 is 0 Å². The average molecular weight is 185 g/mol. The summed E-state index contributed by atoms with van der Waals surface area (Å²) in [7, 11) is 0. The van der Waals surface area contributed by atoms with Crippen molar-refractivity contribution in [2.24, 2.45) is 5.92 Å². The number of ether oxygens (including phenoxy) is 1. The second kappa shape index (κ2) is 4.72. The summed E-state index contributed by atoms with van der Waals surface area (Å²) in [5.41, 5.74) is 0. The Balaban J connectivity index is 2.46. The molecular formula is C10H19NO2. The summed E-state index contributed by atoms with van der Waals surface area (Å²) in [5.74, 6) is 0.319. The van der Waals surface area contributed by atoms with E-state index in [1.54, 1.807) is 0 Å². The Hall–Kier alpha value is -0.410. The van der Waals surface area contributed by atoms with Gasteiger partial charge in [-0.15, -0.1) is 0 Å². The molecule has 1 heterocycles. The van der Waals surface area contributed by atoms with Crippen LogP contribution in [0.2, 0.25) is 0 Å². The van der Waals surface area contributed by atoms with E-state index in [2.05, 4.69) is 11.8 Å². The van der Waals surface area contributed by atoms with Gasteiger partial charge < -0.3 is 4.74 Å². The molecule has 0 aromatic heterocycles. The highest BCUT2D eigenvalue weighted by Gasteiger charge is 2.27. The van der Waals surface area contributed by atoms with E-state index >= 15 is 0 Å². The van der Waals surface area contributed by atoms with Gasteiger partial charge in [0.15, 0.2) is 5.78 Å². The topological polar surface area (TPSA) is 29.5 Å². The van der Waals surface area contributed by atoms with Crippen LogP contribution in [-0.4, -0.2) is 43.0 Å². The highest BCUT2D eigenvalue weighted by molar-refractivity contribution is 5.85. The van der Waals surface area contributed by atoms with Crippen molar-refractivity contribution in [1.29, 1.82) is 0 Å². The number of carbonyl (C=O) groups is 1. The number of nitrogens with zero attached hydrogens (tertiary/aromatic N) is 1. The molecule has 1 aliphatic heterocycles. The first-order chi connectivity index (χ1) is 6.15. The number of rotatable bonds is 3. The Labute approximate surface area is 80.1 Å². The van der Waals surface area contributed by atoms with E-state index in [1.807, 2.05) is 13.8 Å². The van der Waals surface area contributed by atoms with E-state index in [-0.39, 0.29) is 17.8 Å². The van der Waals surface area contributed by atoms with Gasteiger partial charge in [-0.3, -0.25) is 9.69 Å². The first-order valence-electron chi connectivity index (χ1n) is 5.02. The van der Waals surface area contributed by atoms with Crippen LogP contribution in [0.5, 0.6) is 0 Å². The molecule has 3 heteroatoms. The third-order valence-corrected chi connectivity index (χ3v) is 2.48. The van der Waals surface area contributed by atoms with E-state index in [9.17, 15) is 4.79 Å². The van der Waals surface area contributed by atoms with Crippen LogP contribution in [0.3, 0.4) is 0 Å². The lowest BCUT2D eigenvalue weighted by Crippen LogP contribution is -2.46. The van der Waals surface area contributed by atoms with Gasteiger partial charge in [0.1, 0.15) is 6.10 Å². The Morgan fingerprint density at radius 3 is 2.85 bits per heavy atom. The Morgan fingerprint density at radius 1 is 1.62 bits per heavy atom. The predicted molar refractivity (Wildman–Crippen MR) is 51.7 cm³/mol. The highest BCUT2D eigenvalue weighted by Crippen LogP contribution is 2.10. The van der Waals surface area contributed by atoms with Crippen LogP contribution in [0.1, 0.15) is 20.8 Å². The van der Waals surface area contributed by atoms with Crippen LogP contribution in [0.4, 0.5) is 0 Å². The molecule has 1 fully saturated rings. The summed E-state index contributed by atoms with van der Waals surface area (Å²) < 4.78 is 5.44. The number of hydrogen-bond donors (Lipinski definition) is 0. The molecule has 0 amide bonds. The summed E-state index contributed by atoms with van der Waals surface area (Å²) in [6, 6.07) is 0. The molecule has 76 valence electrons. The quantitative estimate of drug-likeness (QED) is 0.655. The zero-order valence-electron chi connectivity index (χ0n) is 8.75. The lowest BCUT2D eigenvalue weighted by Gasteiger charge is -2.31. The lowest BCUT2D eigenvalue weighted by molar-refractivity contribution is -0.139. The summed E-state index contributed by atoms with van der Waals surface area (Å²) >= 11 is 0. The minimum absolute atomic E-state index is 0.0850. The van der Waals surface area contributed by atoms with Crippen LogP contribution >= 0.6 is 0 Å². The van der Waals surface area contributed by atoms with Crippen molar-refractivity contribution in [2.75, 3.05) is 26.2 Å². The molecule has 0 N–H and O–H groups in total.